The summed E-state index contributed by atoms with van der Waals surface area (Å²) in [4.78, 5) is 0. The molecule has 0 radical (unpaired) electrons. The predicted octanol–water partition coefficient (Wildman–Crippen LogP) is 3.62. The molecule has 16 heavy (non-hydrogen) atoms. The lowest BCUT2D eigenvalue weighted by Gasteiger charge is -2.09. The number of hydrogen-bond acceptors (Lipinski definition) is 2. The third kappa shape index (κ3) is 5.04. The molecule has 0 aliphatic heterocycles. The van der Waals surface area contributed by atoms with E-state index in [1.165, 1.54) is 29.7 Å². The summed E-state index contributed by atoms with van der Waals surface area (Å²) in [5, 5.41) is 3.27. The zero-order valence-corrected chi connectivity index (χ0v) is 11.4. The smallest absolute Gasteiger partial charge is 0.0187 e. The minimum absolute atomic E-state index is 0.652. The number of aryl methyl sites for hydroxylation is 1. The average Bonchev–Trinajstić information content (AvgIpc) is 2.30. The van der Waals surface area contributed by atoms with Crippen LogP contribution in [-0.4, -0.2) is 18.8 Å². The summed E-state index contributed by atoms with van der Waals surface area (Å²) < 4.78 is 0. The third-order valence-corrected chi connectivity index (χ3v) is 4.03. The lowest BCUT2D eigenvalue weighted by Crippen LogP contribution is -2.20. The molecule has 90 valence electrons. The van der Waals surface area contributed by atoms with Crippen LogP contribution >= 0.6 is 11.8 Å². The van der Waals surface area contributed by atoms with Gasteiger partial charge in [-0.25, -0.2) is 0 Å². The fourth-order valence-corrected chi connectivity index (χ4v) is 2.65. The molecule has 1 nitrogen and oxygen atoms in total. The quantitative estimate of drug-likeness (QED) is 0.727. The van der Waals surface area contributed by atoms with Crippen molar-refractivity contribution in [3.8, 4) is 0 Å². The molecule has 0 saturated carbocycles. The van der Waals surface area contributed by atoms with E-state index in [1.54, 1.807) is 0 Å². The molecule has 1 rings (SSSR count). The summed E-state index contributed by atoms with van der Waals surface area (Å²) in [6.07, 6.45) is 2.58. The Bertz CT molecular complexity index is 299. The Labute approximate surface area is 104 Å². The molecule has 0 saturated heterocycles. The fraction of sp³-hybridized carbons (Fsp3) is 0.571. The maximum Gasteiger partial charge on any atom is 0.0187 e. The Morgan fingerprint density at radius 2 is 2.06 bits per heavy atom. The number of nitrogens with one attached hydrogen (secondary N) is 1. The van der Waals surface area contributed by atoms with E-state index in [0.717, 1.165) is 5.75 Å². The molecule has 0 fully saturated rings. The van der Waals surface area contributed by atoms with E-state index in [4.69, 9.17) is 0 Å². The lowest BCUT2D eigenvalue weighted by molar-refractivity contribution is 0.559. The largest absolute Gasteiger partial charge is 0.317 e. The highest BCUT2D eigenvalue weighted by atomic mass is 32.2. The van der Waals surface area contributed by atoms with Gasteiger partial charge in [-0.2, -0.15) is 11.8 Å². The van der Waals surface area contributed by atoms with Crippen LogP contribution in [0.2, 0.25) is 0 Å². The Kier molecular flexibility index (Phi) is 6.58. The van der Waals surface area contributed by atoms with Gasteiger partial charge in [0.15, 0.2) is 0 Å². The average molecular weight is 237 g/mol. The summed E-state index contributed by atoms with van der Waals surface area (Å²) >= 11 is 2.05. The van der Waals surface area contributed by atoms with Gasteiger partial charge in [-0.1, -0.05) is 24.3 Å². The van der Waals surface area contributed by atoms with Crippen LogP contribution in [0.3, 0.4) is 0 Å². The first kappa shape index (κ1) is 13.6. The Morgan fingerprint density at radius 1 is 1.31 bits per heavy atom. The van der Waals surface area contributed by atoms with E-state index >= 15 is 0 Å². The monoisotopic (exact) mass is 237 g/mol. The maximum absolute atomic E-state index is 3.27. The molecule has 0 amide bonds. The van der Waals surface area contributed by atoms with Crippen molar-refractivity contribution in [3.05, 3.63) is 35.4 Å². The van der Waals surface area contributed by atoms with Crippen LogP contribution in [0.15, 0.2) is 24.3 Å². The highest BCUT2D eigenvalue weighted by molar-refractivity contribution is 7.98. The molecular weight excluding hydrogens is 214 g/mol. The van der Waals surface area contributed by atoms with Crippen LogP contribution in [0.25, 0.3) is 0 Å². The second-order valence-corrected chi connectivity index (χ2v) is 5.42. The van der Waals surface area contributed by atoms with Gasteiger partial charge in [0, 0.05) is 11.8 Å². The zero-order chi connectivity index (χ0) is 11.8. The van der Waals surface area contributed by atoms with Gasteiger partial charge >= 0.3 is 0 Å². The molecule has 0 aliphatic rings. The molecule has 0 aromatic heterocycles. The van der Waals surface area contributed by atoms with Crippen molar-refractivity contribution in [2.75, 3.05) is 12.8 Å². The van der Waals surface area contributed by atoms with Crippen molar-refractivity contribution >= 4 is 11.8 Å². The normalized spacial score (nSPS) is 12.7. The van der Waals surface area contributed by atoms with Crippen LogP contribution in [0.1, 0.15) is 30.9 Å². The van der Waals surface area contributed by atoms with Crippen molar-refractivity contribution in [1.29, 1.82) is 0 Å². The van der Waals surface area contributed by atoms with Crippen molar-refractivity contribution in [1.82, 2.24) is 5.32 Å². The minimum Gasteiger partial charge on any atom is -0.317 e. The van der Waals surface area contributed by atoms with E-state index < -0.39 is 0 Å². The lowest BCUT2D eigenvalue weighted by atomic mass is 10.1. The third-order valence-electron chi connectivity index (χ3n) is 2.94. The number of hydrogen-bond donors (Lipinski definition) is 1. The second-order valence-electron chi connectivity index (χ2n) is 4.31. The first-order valence-electron chi connectivity index (χ1n) is 6.03. The van der Waals surface area contributed by atoms with Crippen molar-refractivity contribution in [2.24, 2.45) is 0 Å². The molecule has 0 heterocycles. The van der Waals surface area contributed by atoms with Crippen molar-refractivity contribution in [3.63, 3.8) is 0 Å². The fourth-order valence-electron chi connectivity index (χ4n) is 1.59. The molecule has 1 unspecified atom stereocenters. The van der Waals surface area contributed by atoms with Gasteiger partial charge in [0.2, 0.25) is 0 Å². The van der Waals surface area contributed by atoms with Crippen LogP contribution in [0.5, 0.6) is 0 Å². The molecule has 0 aliphatic carbocycles. The van der Waals surface area contributed by atoms with Crippen LogP contribution < -0.4 is 5.32 Å². The summed E-state index contributed by atoms with van der Waals surface area (Å²) in [5.74, 6) is 2.42. The summed E-state index contributed by atoms with van der Waals surface area (Å²) in [5.41, 5.74) is 2.90. The predicted molar refractivity (Wildman–Crippen MR) is 75.1 cm³/mol. The molecule has 0 bridgehead atoms. The summed E-state index contributed by atoms with van der Waals surface area (Å²) in [7, 11) is 2.03. The molecule has 1 aromatic rings. The number of thioether (sulfide) groups is 1. The van der Waals surface area contributed by atoms with Crippen molar-refractivity contribution < 1.29 is 0 Å². The van der Waals surface area contributed by atoms with Gasteiger partial charge < -0.3 is 5.32 Å². The second kappa shape index (κ2) is 7.75. The zero-order valence-electron chi connectivity index (χ0n) is 10.6. The summed E-state index contributed by atoms with van der Waals surface area (Å²) in [6.45, 7) is 4.44. The van der Waals surface area contributed by atoms with Gasteiger partial charge in [-0.3, -0.25) is 0 Å². The van der Waals surface area contributed by atoms with Crippen molar-refractivity contribution in [2.45, 2.75) is 38.5 Å². The van der Waals surface area contributed by atoms with Crippen LogP contribution in [0.4, 0.5) is 0 Å². The molecule has 0 spiro atoms. The summed E-state index contributed by atoms with van der Waals surface area (Å²) in [6, 6.07) is 9.32. The van der Waals surface area contributed by atoms with Gasteiger partial charge in [-0.15, -0.1) is 0 Å². The molecule has 1 N–H and O–H groups in total. The maximum atomic E-state index is 3.27. The van der Waals surface area contributed by atoms with Gasteiger partial charge in [0.25, 0.3) is 0 Å². The van der Waals surface area contributed by atoms with E-state index in [1.807, 2.05) is 18.8 Å². The Hall–Kier alpha value is -0.470. The minimum atomic E-state index is 0.652. The van der Waals surface area contributed by atoms with E-state index in [-0.39, 0.29) is 0 Å². The highest BCUT2D eigenvalue weighted by Gasteiger charge is 1.99. The first-order chi connectivity index (χ1) is 7.74. The van der Waals surface area contributed by atoms with Crippen LogP contribution in [-0.2, 0) is 5.75 Å². The molecule has 1 atom stereocenters. The van der Waals surface area contributed by atoms with E-state index in [2.05, 4.69) is 43.4 Å². The number of benzene rings is 1. The topological polar surface area (TPSA) is 12.0 Å². The van der Waals surface area contributed by atoms with E-state index in [9.17, 15) is 0 Å². The first-order valence-corrected chi connectivity index (χ1v) is 7.19. The van der Waals surface area contributed by atoms with Gasteiger partial charge in [0.05, 0.1) is 0 Å². The molecular formula is C14H23NS. The SMILES string of the molecule is CNC(C)CCCSCc1ccccc1C. The van der Waals surface area contributed by atoms with Gasteiger partial charge in [-0.05, 0) is 50.6 Å². The van der Waals surface area contributed by atoms with Crippen LogP contribution in [0, 0.1) is 6.92 Å². The molecule has 1 aromatic carbocycles. The van der Waals surface area contributed by atoms with Gasteiger partial charge in [0.1, 0.15) is 0 Å². The molecule has 2 heteroatoms. The Morgan fingerprint density at radius 3 is 2.75 bits per heavy atom. The Balaban J connectivity index is 2.14. The standard InChI is InChI=1S/C14H23NS/c1-12-7-4-5-9-14(12)11-16-10-6-8-13(2)15-3/h4-5,7,9,13,15H,6,8,10-11H2,1-3H3. The highest BCUT2D eigenvalue weighted by Crippen LogP contribution is 2.17. The van der Waals surface area contributed by atoms with E-state index in [0.29, 0.717) is 6.04 Å². The number of rotatable bonds is 7.